The number of halogens is 2. The maximum Gasteiger partial charge on any atom is 0.234 e. The lowest BCUT2D eigenvalue weighted by Gasteiger charge is -2.49. The molecular formula is C30H30Cl2N4O2. The van der Waals surface area contributed by atoms with Crippen LogP contribution >= 0.6 is 23.2 Å². The molecule has 2 atom stereocenters. The maximum atomic E-state index is 14.2. The number of imidazole rings is 1. The molecule has 6 nitrogen and oxygen atoms in total. The minimum atomic E-state index is -0.552. The van der Waals surface area contributed by atoms with Gasteiger partial charge in [0.05, 0.1) is 29.5 Å². The third-order valence-corrected chi connectivity index (χ3v) is 8.33. The number of amides is 1. The minimum Gasteiger partial charge on any atom is -0.488 e. The number of hydrogen-bond acceptors (Lipinski definition) is 4. The normalized spacial score (nSPS) is 22.3. The average Bonchev–Trinajstić information content (AvgIpc) is 3.22. The zero-order chi connectivity index (χ0) is 26.3. The molecule has 0 bridgehead atoms. The number of para-hydroxylation sites is 2. The van der Waals surface area contributed by atoms with Crippen molar-refractivity contribution >= 4 is 45.8 Å². The summed E-state index contributed by atoms with van der Waals surface area (Å²) in [7, 11) is 2.06. The van der Waals surface area contributed by atoms with Crippen LogP contribution in [-0.2, 0) is 18.4 Å². The third kappa shape index (κ3) is 4.89. The molecule has 0 N–H and O–H groups in total. The van der Waals surface area contributed by atoms with Gasteiger partial charge in [-0.2, -0.15) is 0 Å². The van der Waals surface area contributed by atoms with Crippen LogP contribution in [0.15, 0.2) is 72.8 Å². The summed E-state index contributed by atoms with van der Waals surface area (Å²) >= 11 is 12.4. The first kappa shape index (κ1) is 25.2. The lowest BCUT2D eigenvalue weighted by Crippen LogP contribution is -2.60. The van der Waals surface area contributed by atoms with E-state index in [-0.39, 0.29) is 12.0 Å². The Morgan fingerprint density at radius 1 is 1.03 bits per heavy atom. The van der Waals surface area contributed by atoms with Crippen LogP contribution in [0.5, 0.6) is 5.75 Å². The summed E-state index contributed by atoms with van der Waals surface area (Å²) in [6, 6.07) is 23.1. The van der Waals surface area contributed by atoms with Crippen molar-refractivity contribution in [2.45, 2.75) is 31.9 Å². The van der Waals surface area contributed by atoms with Gasteiger partial charge in [-0.1, -0.05) is 41.4 Å². The molecule has 0 unspecified atom stereocenters. The SMILES string of the molecule is Cn1c(CN2CCC[C@@]3(C[C@@H](Oc4cccc(Cl)c4)CN(c4ccc(Cl)cc4)C3=O)C2)nc2ccccc21. The predicted molar refractivity (Wildman–Crippen MR) is 152 cm³/mol. The van der Waals surface area contributed by atoms with E-state index in [0.29, 0.717) is 36.1 Å². The molecule has 4 aromatic rings. The van der Waals surface area contributed by atoms with E-state index in [1.807, 2.05) is 71.6 Å². The highest BCUT2D eigenvalue weighted by atomic mass is 35.5. The van der Waals surface area contributed by atoms with E-state index in [0.717, 1.165) is 47.7 Å². The number of nitrogens with zero attached hydrogens (tertiary/aromatic N) is 4. The first-order valence-electron chi connectivity index (χ1n) is 13.0. The number of anilines is 1. The van der Waals surface area contributed by atoms with E-state index in [1.165, 1.54) is 0 Å². The van der Waals surface area contributed by atoms with Crippen LogP contribution in [0.25, 0.3) is 11.0 Å². The molecule has 2 aliphatic rings. The highest BCUT2D eigenvalue weighted by molar-refractivity contribution is 6.31. The molecule has 2 aliphatic heterocycles. The predicted octanol–water partition coefficient (Wildman–Crippen LogP) is 6.35. The molecule has 8 heteroatoms. The number of carbonyl (C=O) groups is 1. The van der Waals surface area contributed by atoms with Gasteiger partial charge in [-0.05, 0) is 74.0 Å². The largest absolute Gasteiger partial charge is 0.488 e. The Balaban J connectivity index is 1.30. The van der Waals surface area contributed by atoms with Gasteiger partial charge >= 0.3 is 0 Å². The van der Waals surface area contributed by atoms with E-state index in [9.17, 15) is 4.79 Å². The fraction of sp³-hybridized carbons (Fsp3) is 0.333. The number of ether oxygens (including phenoxy) is 1. The minimum absolute atomic E-state index is 0.153. The topological polar surface area (TPSA) is 50.6 Å². The Morgan fingerprint density at radius 3 is 2.63 bits per heavy atom. The maximum absolute atomic E-state index is 14.2. The summed E-state index contributed by atoms with van der Waals surface area (Å²) < 4.78 is 8.62. The van der Waals surface area contributed by atoms with Crippen LogP contribution in [-0.4, -0.2) is 46.1 Å². The Morgan fingerprint density at radius 2 is 1.84 bits per heavy atom. The Labute approximate surface area is 232 Å². The fourth-order valence-corrected chi connectivity index (χ4v) is 6.36. The molecule has 1 spiro atoms. The molecule has 3 aromatic carbocycles. The third-order valence-electron chi connectivity index (χ3n) is 7.84. The monoisotopic (exact) mass is 548 g/mol. The Kier molecular flexibility index (Phi) is 6.81. The molecule has 1 aromatic heterocycles. The molecule has 38 heavy (non-hydrogen) atoms. The summed E-state index contributed by atoms with van der Waals surface area (Å²) in [5.41, 5.74) is 2.40. The van der Waals surface area contributed by atoms with Crippen LogP contribution in [0, 0.1) is 5.41 Å². The van der Waals surface area contributed by atoms with Gasteiger partial charge in [0.1, 0.15) is 17.7 Å². The van der Waals surface area contributed by atoms with Gasteiger partial charge in [-0.25, -0.2) is 4.98 Å². The van der Waals surface area contributed by atoms with Crippen LogP contribution in [0.3, 0.4) is 0 Å². The molecule has 6 rings (SSSR count). The van der Waals surface area contributed by atoms with E-state index in [2.05, 4.69) is 22.6 Å². The number of benzene rings is 3. The lowest BCUT2D eigenvalue weighted by molar-refractivity contribution is -0.137. The molecule has 0 aliphatic carbocycles. The standard InChI is InChI=1S/C30H30Cl2N4O2/c1-34-27-9-3-2-8-26(27)33-28(34)19-35-15-5-14-30(20-35)17-25(38-24-7-4-6-22(32)16-24)18-36(29(30)37)23-12-10-21(31)11-13-23/h2-4,6-13,16,25H,5,14-15,17-20H2,1H3/t25-,30-/m1/s1. The van der Waals surface area contributed by atoms with Crippen LogP contribution in [0.2, 0.25) is 10.0 Å². The van der Waals surface area contributed by atoms with Crippen LogP contribution in [0.1, 0.15) is 25.1 Å². The van der Waals surface area contributed by atoms with Gasteiger partial charge in [0.25, 0.3) is 0 Å². The van der Waals surface area contributed by atoms with Crippen molar-refractivity contribution in [3.63, 3.8) is 0 Å². The van der Waals surface area contributed by atoms with Gasteiger partial charge in [-0.15, -0.1) is 0 Å². The Hall–Kier alpha value is -3.06. The number of piperidine rings is 2. The van der Waals surface area contributed by atoms with E-state index >= 15 is 0 Å². The molecular weight excluding hydrogens is 519 g/mol. The zero-order valence-electron chi connectivity index (χ0n) is 21.3. The lowest BCUT2D eigenvalue weighted by atomic mass is 9.72. The van der Waals surface area contributed by atoms with Gasteiger partial charge in [0.2, 0.25) is 5.91 Å². The second kappa shape index (κ2) is 10.3. The Bertz CT molecular complexity index is 1470. The number of aryl methyl sites for hydroxylation is 1. The quantitative estimate of drug-likeness (QED) is 0.291. The van der Waals surface area contributed by atoms with E-state index < -0.39 is 5.41 Å². The number of carbonyl (C=O) groups excluding carboxylic acids is 1. The number of rotatable bonds is 5. The van der Waals surface area contributed by atoms with Crippen molar-refractivity contribution in [1.29, 1.82) is 0 Å². The smallest absolute Gasteiger partial charge is 0.234 e. The zero-order valence-corrected chi connectivity index (χ0v) is 22.8. The van der Waals surface area contributed by atoms with Crippen molar-refractivity contribution in [3.8, 4) is 5.75 Å². The van der Waals surface area contributed by atoms with Crippen LogP contribution in [0.4, 0.5) is 5.69 Å². The summed E-state index contributed by atoms with van der Waals surface area (Å²) in [6.45, 7) is 2.76. The molecule has 3 heterocycles. The average molecular weight is 550 g/mol. The highest BCUT2D eigenvalue weighted by Gasteiger charge is 2.50. The van der Waals surface area contributed by atoms with E-state index in [1.54, 1.807) is 0 Å². The molecule has 2 saturated heterocycles. The summed E-state index contributed by atoms with van der Waals surface area (Å²) in [4.78, 5) is 23.4. The second-order valence-electron chi connectivity index (χ2n) is 10.5. The first-order valence-corrected chi connectivity index (χ1v) is 13.8. The fourth-order valence-electron chi connectivity index (χ4n) is 6.06. The molecule has 2 fully saturated rings. The summed E-state index contributed by atoms with van der Waals surface area (Å²) in [5, 5.41) is 1.27. The van der Waals surface area contributed by atoms with E-state index in [4.69, 9.17) is 32.9 Å². The number of aromatic nitrogens is 2. The van der Waals surface area contributed by atoms with Crippen molar-refractivity contribution in [2.75, 3.05) is 24.5 Å². The molecule has 196 valence electrons. The summed E-state index contributed by atoms with van der Waals surface area (Å²) in [5.74, 6) is 1.88. The van der Waals surface area contributed by atoms with Gasteiger partial charge < -0.3 is 14.2 Å². The second-order valence-corrected chi connectivity index (χ2v) is 11.3. The number of likely N-dealkylation sites (tertiary alicyclic amines) is 1. The van der Waals surface area contributed by atoms with Crippen molar-refractivity contribution in [3.05, 3.63) is 88.7 Å². The van der Waals surface area contributed by atoms with Crippen molar-refractivity contribution in [2.24, 2.45) is 12.5 Å². The molecule has 1 amide bonds. The van der Waals surface area contributed by atoms with Crippen molar-refractivity contribution in [1.82, 2.24) is 14.5 Å². The van der Waals surface area contributed by atoms with Crippen molar-refractivity contribution < 1.29 is 9.53 Å². The van der Waals surface area contributed by atoms with Crippen LogP contribution < -0.4 is 9.64 Å². The molecule has 0 radical (unpaired) electrons. The number of fused-ring (bicyclic) bond motifs is 1. The van der Waals surface area contributed by atoms with Gasteiger partial charge in [0.15, 0.2) is 0 Å². The molecule has 0 saturated carbocycles. The highest BCUT2D eigenvalue weighted by Crippen LogP contribution is 2.42. The number of hydrogen-bond donors (Lipinski definition) is 0. The van der Waals surface area contributed by atoms with Gasteiger partial charge in [-0.3, -0.25) is 9.69 Å². The first-order chi connectivity index (χ1) is 18.4. The van der Waals surface area contributed by atoms with Gasteiger partial charge in [0, 0.05) is 35.7 Å². The summed E-state index contributed by atoms with van der Waals surface area (Å²) in [6.07, 6.45) is 2.25.